The van der Waals surface area contributed by atoms with Gasteiger partial charge in [0.1, 0.15) is 5.60 Å². The molecular weight excluding hydrogens is 580 g/mol. The van der Waals surface area contributed by atoms with Gasteiger partial charge in [-0.1, -0.05) is 0 Å². The maximum atomic E-state index is 11.7. The number of halogens is 1. The SMILES string of the molecule is CC(C)S(=O)(=O)NCC1CCC(N)CC1.CC(C)S(=O)(=O)NCC1CCC(NC(=O)OC(C)(C)C)CC1.CO.Cl. The number of carbonyl (C=O) groups is 1. The summed E-state index contributed by atoms with van der Waals surface area (Å²) in [5, 5.41) is 9.14. The van der Waals surface area contributed by atoms with Gasteiger partial charge in [0.15, 0.2) is 0 Å². The lowest BCUT2D eigenvalue weighted by atomic mass is 9.86. The summed E-state index contributed by atoms with van der Waals surface area (Å²) in [4.78, 5) is 11.7. The molecule has 14 heteroatoms. The van der Waals surface area contributed by atoms with Crippen molar-refractivity contribution in [3.8, 4) is 0 Å². The number of ether oxygens (including phenoxy) is 1. The van der Waals surface area contributed by atoms with Gasteiger partial charge in [0.05, 0.1) is 10.5 Å². The molecule has 0 aromatic rings. The molecule has 0 atom stereocenters. The minimum atomic E-state index is -3.19. The standard InChI is InChI=1S/C15H30N2O4S.C10H22N2O2S.CH4O.ClH/c1-11(2)22(19,20)16-10-12-6-8-13(9-7-12)17-14(18)21-15(3,4)5;1-8(2)15(13,14)12-7-9-3-5-10(11)6-4-9;1-2;/h11-13,16H,6-10H2,1-5H3,(H,17,18);8-10,12H,3-7,11H2,1-2H3;2H,1H3;1H. The van der Waals surface area contributed by atoms with Gasteiger partial charge in [0, 0.05) is 32.3 Å². The van der Waals surface area contributed by atoms with Crippen molar-refractivity contribution in [2.45, 2.75) is 128 Å². The number of alkyl carbamates (subject to hydrolysis) is 1. The zero-order valence-electron chi connectivity index (χ0n) is 25.7. The van der Waals surface area contributed by atoms with E-state index in [1.807, 2.05) is 20.8 Å². The average Bonchev–Trinajstić information content (AvgIpc) is 2.83. The van der Waals surface area contributed by atoms with Crippen LogP contribution in [0.15, 0.2) is 0 Å². The van der Waals surface area contributed by atoms with E-state index in [0.717, 1.165) is 58.5 Å². The molecule has 0 heterocycles. The molecule has 2 fully saturated rings. The van der Waals surface area contributed by atoms with Gasteiger partial charge in [-0.15, -0.1) is 12.4 Å². The van der Waals surface area contributed by atoms with E-state index in [2.05, 4.69) is 14.8 Å². The average molecular weight is 637 g/mol. The summed E-state index contributed by atoms with van der Waals surface area (Å²) in [6.45, 7) is 13.3. The summed E-state index contributed by atoms with van der Waals surface area (Å²) in [5.41, 5.74) is 5.30. The number of amides is 1. The Balaban J connectivity index is 0. The van der Waals surface area contributed by atoms with E-state index in [1.165, 1.54) is 0 Å². The van der Waals surface area contributed by atoms with Gasteiger partial charge in [-0.2, -0.15) is 0 Å². The predicted octanol–water partition coefficient (Wildman–Crippen LogP) is 3.26. The Kier molecular flexibility index (Phi) is 20.2. The first-order valence-electron chi connectivity index (χ1n) is 14.1. The third kappa shape index (κ3) is 18.0. The molecule has 6 N–H and O–H groups in total. The number of aliphatic hydroxyl groups excluding tert-OH is 1. The van der Waals surface area contributed by atoms with Gasteiger partial charge in [0.25, 0.3) is 0 Å². The first-order valence-corrected chi connectivity index (χ1v) is 17.2. The first kappa shape index (κ1) is 41.4. The second-order valence-corrected chi connectivity index (χ2v) is 16.7. The third-order valence-corrected chi connectivity index (χ3v) is 10.5. The summed E-state index contributed by atoms with van der Waals surface area (Å²) in [6.07, 6.45) is 7.27. The molecule has 0 radical (unpaired) electrons. The maximum absolute atomic E-state index is 11.7. The topological polar surface area (TPSA) is 177 Å². The molecule has 0 bridgehead atoms. The molecular formula is C26H57ClN4O7S2. The molecule has 0 aliphatic heterocycles. The number of hydrogen-bond donors (Lipinski definition) is 5. The number of hydrogen-bond acceptors (Lipinski definition) is 8. The Labute approximate surface area is 250 Å². The van der Waals surface area contributed by atoms with Crippen molar-refractivity contribution in [2.75, 3.05) is 20.2 Å². The minimum absolute atomic E-state index is 0. The van der Waals surface area contributed by atoms with Crippen LogP contribution in [0.3, 0.4) is 0 Å². The van der Waals surface area contributed by atoms with Crippen LogP contribution >= 0.6 is 12.4 Å². The molecule has 0 saturated heterocycles. The Bertz CT molecular complexity index is 895. The van der Waals surface area contributed by atoms with Crippen molar-refractivity contribution < 1.29 is 31.5 Å². The van der Waals surface area contributed by atoms with Crippen LogP contribution < -0.4 is 20.5 Å². The lowest BCUT2D eigenvalue weighted by Gasteiger charge is -2.30. The van der Waals surface area contributed by atoms with Crippen LogP contribution in [0.25, 0.3) is 0 Å². The number of rotatable bonds is 9. The summed E-state index contributed by atoms with van der Waals surface area (Å²) in [6, 6.07) is 0.441. The fourth-order valence-corrected chi connectivity index (χ4v) is 5.78. The van der Waals surface area contributed by atoms with Gasteiger partial charge in [0.2, 0.25) is 20.0 Å². The van der Waals surface area contributed by atoms with E-state index in [1.54, 1.807) is 27.7 Å². The fourth-order valence-electron chi connectivity index (χ4n) is 4.18. The van der Waals surface area contributed by atoms with Crippen LogP contribution in [-0.4, -0.2) is 76.4 Å². The van der Waals surface area contributed by atoms with Gasteiger partial charge in [-0.25, -0.2) is 31.1 Å². The van der Waals surface area contributed by atoms with Crippen molar-refractivity contribution in [1.29, 1.82) is 0 Å². The second-order valence-electron chi connectivity index (χ2n) is 12.0. The smallest absolute Gasteiger partial charge is 0.407 e. The molecule has 0 spiro atoms. The molecule has 40 heavy (non-hydrogen) atoms. The number of aliphatic hydroxyl groups is 1. The Morgan fingerprint density at radius 2 is 1.15 bits per heavy atom. The van der Waals surface area contributed by atoms with Crippen molar-refractivity contribution in [3.05, 3.63) is 0 Å². The van der Waals surface area contributed by atoms with E-state index >= 15 is 0 Å². The third-order valence-electron chi connectivity index (χ3n) is 6.85. The van der Waals surface area contributed by atoms with E-state index < -0.39 is 30.9 Å². The predicted molar refractivity (Wildman–Crippen MR) is 165 cm³/mol. The van der Waals surface area contributed by atoms with E-state index in [-0.39, 0.29) is 29.8 Å². The van der Waals surface area contributed by atoms with Crippen LogP contribution in [0.1, 0.15) is 99.8 Å². The Hall–Kier alpha value is -0.700. The highest BCUT2D eigenvalue weighted by Crippen LogP contribution is 2.25. The summed E-state index contributed by atoms with van der Waals surface area (Å²) < 4.78 is 57.1. The van der Waals surface area contributed by atoms with Crippen LogP contribution in [-0.2, 0) is 24.8 Å². The number of nitrogens with one attached hydrogen (secondary N) is 3. The van der Waals surface area contributed by atoms with Crippen molar-refractivity contribution in [2.24, 2.45) is 17.6 Å². The highest BCUT2D eigenvalue weighted by atomic mass is 35.5. The van der Waals surface area contributed by atoms with Gasteiger partial charge in [-0.3, -0.25) is 0 Å². The fraction of sp³-hybridized carbons (Fsp3) is 0.962. The normalized spacial score (nSPS) is 23.6. The van der Waals surface area contributed by atoms with Crippen molar-refractivity contribution in [1.82, 2.24) is 14.8 Å². The lowest BCUT2D eigenvalue weighted by Crippen LogP contribution is -2.42. The van der Waals surface area contributed by atoms with Crippen molar-refractivity contribution >= 4 is 38.5 Å². The van der Waals surface area contributed by atoms with E-state index in [0.29, 0.717) is 31.0 Å². The molecule has 0 aromatic carbocycles. The molecule has 11 nitrogen and oxygen atoms in total. The molecule has 0 unspecified atom stereocenters. The van der Waals surface area contributed by atoms with E-state index in [4.69, 9.17) is 15.6 Å². The number of sulfonamides is 2. The van der Waals surface area contributed by atoms with Gasteiger partial charge >= 0.3 is 6.09 Å². The summed E-state index contributed by atoms with van der Waals surface area (Å²) >= 11 is 0. The largest absolute Gasteiger partial charge is 0.444 e. The van der Waals surface area contributed by atoms with Crippen LogP contribution in [0, 0.1) is 11.8 Å². The quantitative estimate of drug-likeness (QED) is 0.256. The molecule has 2 aliphatic carbocycles. The van der Waals surface area contributed by atoms with E-state index in [9.17, 15) is 21.6 Å². The molecule has 2 saturated carbocycles. The zero-order valence-corrected chi connectivity index (χ0v) is 28.2. The van der Waals surface area contributed by atoms with Crippen molar-refractivity contribution in [3.63, 3.8) is 0 Å². The van der Waals surface area contributed by atoms with Gasteiger partial charge < -0.3 is 20.9 Å². The second kappa shape index (κ2) is 19.5. The van der Waals surface area contributed by atoms with Gasteiger partial charge in [-0.05, 0) is 112 Å². The highest BCUT2D eigenvalue weighted by Gasteiger charge is 2.26. The zero-order chi connectivity index (χ0) is 30.4. The number of carbonyl (C=O) groups excluding carboxylic acids is 1. The molecule has 2 rings (SSSR count). The summed E-state index contributed by atoms with van der Waals surface area (Å²) in [7, 11) is -5.28. The molecule has 1 amide bonds. The molecule has 2 aliphatic rings. The Morgan fingerprint density at radius 3 is 1.48 bits per heavy atom. The monoisotopic (exact) mass is 636 g/mol. The maximum Gasteiger partial charge on any atom is 0.407 e. The Morgan fingerprint density at radius 1 is 0.800 bits per heavy atom. The summed E-state index contributed by atoms with van der Waals surface area (Å²) in [5.74, 6) is 0.809. The minimum Gasteiger partial charge on any atom is -0.444 e. The first-order chi connectivity index (χ1) is 17.9. The van der Waals surface area contributed by atoms with Crippen LogP contribution in [0.4, 0.5) is 4.79 Å². The van der Waals surface area contributed by atoms with Crippen LogP contribution in [0.2, 0.25) is 0 Å². The number of nitrogens with two attached hydrogens (primary N) is 1. The highest BCUT2D eigenvalue weighted by molar-refractivity contribution is 7.90. The molecule has 242 valence electrons. The van der Waals surface area contributed by atoms with Crippen LogP contribution in [0.5, 0.6) is 0 Å². The lowest BCUT2D eigenvalue weighted by molar-refractivity contribution is 0.0487. The molecule has 0 aromatic heterocycles.